The minimum Gasteiger partial charge on any atom is -0.321 e. The number of nitrogens with two attached hydrogens (primary N) is 1. The lowest BCUT2D eigenvalue weighted by Crippen LogP contribution is -2.45. The molecule has 1 fully saturated rings. The normalized spacial score (nSPS) is 21.1. The fourth-order valence-electron chi connectivity index (χ4n) is 2.96. The van der Waals surface area contributed by atoms with E-state index in [-0.39, 0.29) is 5.54 Å². The Kier molecular flexibility index (Phi) is 4.26. The fourth-order valence-corrected chi connectivity index (χ4v) is 3.22. The van der Waals surface area contributed by atoms with Crippen LogP contribution >= 0.6 is 15.9 Å². The van der Waals surface area contributed by atoms with Crippen LogP contribution in [0.1, 0.15) is 44.6 Å². The summed E-state index contributed by atoms with van der Waals surface area (Å²) in [4.78, 5) is 0. The zero-order valence-corrected chi connectivity index (χ0v) is 12.0. The monoisotopic (exact) mass is 294 g/mol. The van der Waals surface area contributed by atoms with E-state index in [2.05, 4.69) is 53.5 Å². The number of hydrogen-bond donors (Lipinski definition) is 1. The summed E-state index contributed by atoms with van der Waals surface area (Å²) >= 11 is 3.48. The van der Waals surface area contributed by atoms with Crippen LogP contribution < -0.4 is 5.73 Å². The van der Waals surface area contributed by atoms with Gasteiger partial charge in [0.05, 0.1) is 0 Å². The van der Waals surface area contributed by atoms with Gasteiger partial charge in [-0.25, -0.2) is 0 Å². The standard InChI is InChI=1S/C15H21BrN/c1-2-15(17,12-6-4-3-5-7-12)13-8-10-14(16)11-9-13/h2,8-12H,3-7,17H2,1H3. The van der Waals surface area contributed by atoms with Crippen LogP contribution in [0, 0.1) is 12.3 Å². The third-order valence-electron chi connectivity index (χ3n) is 4.10. The van der Waals surface area contributed by atoms with Crippen LogP contribution in [-0.4, -0.2) is 0 Å². The number of benzene rings is 1. The van der Waals surface area contributed by atoms with Gasteiger partial charge in [-0.3, -0.25) is 0 Å². The minimum atomic E-state index is -0.249. The van der Waals surface area contributed by atoms with Crippen LogP contribution in [0.4, 0.5) is 0 Å². The molecule has 2 N–H and O–H groups in total. The molecular formula is C15H21BrN. The molecule has 1 saturated carbocycles. The van der Waals surface area contributed by atoms with Crippen molar-refractivity contribution in [2.75, 3.05) is 0 Å². The van der Waals surface area contributed by atoms with Gasteiger partial charge in [0, 0.05) is 10.0 Å². The van der Waals surface area contributed by atoms with E-state index in [4.69, 9.17) is 5.73 Å². The molecule has 2 rings (SSSR count). The van der Waals surface area contributed by atoms with Crippen molar-refractivity contribution in [1.82, 2.24) is 0 Å². The third kappa shape index (κ3) is 2.74. The lowest BCUT2D eigenvalue weighted by Gasteiger charge is -2.39. The summed E-state index contributed by atoms with van der Waals surface area (Å²) in [5.74, 6) is 0.599. The predicted octanol–water partition coefficient (Wildman–Crippen LogP) is 4.41. The van der Waals surface area contributed by atoms with E-state index in [0.29, 0.717) is 5.92 Å². The minimum absolute atomic E-state index is 0.249. The molecule has 0 spiro atoms. The maximum Gasteiger partial charge on any atom is 0.0467 e. The van der Waals surface area contributed by atoms with Gasteiger partial charge in [-0.1, -0.05) is 54.2 Å². The molecule has 1 atom stereocenters. The van der Waals surface area contributed by atoms with Crippen LogP contribution in [0.15, 0.2) is 28.7 Å². The van der Waals surface area contributed by atoms with Gasteiger partial charge in [-0.05, 0) is 42.9 Å². The highest BCUT2D eigenvalue weighted by atomic mass is 79.9. The molecule has 93 valence electrons. The molecule has 1 aliphatic carbocycles. The first-order valence-electron chi connectivity index (χ1n) is 6.52. The van der Waals surface area contributed by atoms with Crippen LogP contribution in [0.25, 0.3) is 0 Å². The van der Waals surface area contributed by atoms with Crippen LogP contribution in [0.5, 0.6) is 0 Å². The molecule has 1 aliphatic rings. The first-order valence-corrected chi connectivity index (χ1v) is 7.31. The fraction of sp³-hybridized carbons (Fsp3) is 0.533. The van der Waals surface area contributed by atoms with Crippen molar-refractivity contribution in [3.63, 3.8) is 0 Å². The van der Waals surface area contributed by atoms with Crippen molar-refractivity contribution in [2.45, 2.75) is 44.6 Å². The molecule has 17 heavy (non-hydrogen) atoms. The van der Waals surface area contributed by atoms with Crippen LogP contribution in [0.2, 0.25) is 0 Å². The summed E-state index contributed by atoms with van der Waals surface area (Å²) in [5.41, 5.74) is 7.67. The Hall–Kier alpha value is -0.340. The lowest BCUT2D eigenvalue weighted by atomic mass is 9.70. The predicted molar refractivity (Wildman–Crippen MR) is 76.6 cm³/mol. The van der Waals surface area contributed by atoms with Gasteiger partial charge < -0.3 is 5.73 Å². The molecule has 1 nitrogen and oxygen atoms in total. The van der Waals surface area contributed by atoms with E-state index in [0.717, 1.165) is 4.47 Å². The number of hydrogen-bond acceptors (Lipinski definition) is 1. The molecule has 0 aromatic heterocycles. The van der Waals surface area contributed by atoms with Crippen molar-refractivity contribution in [1.29, 1.82) is 0 Å². The molecular weight excluding hydrogens is 274 g/mol. The Morgan fingerprint density at radius 3 is 2.29 bits per heavy atom. The van der Waals surface area contributed by atoms with Crippen LogP contribution in [-0.2, 0) is 5.54 Å². The molecule has 0 amide bonds. The average Bonchev–Trinajstić information content (AvgIpc) is 2.40. The highest BCUT2D eigenvalue weighted by Crippen LogP contribution is 2.39. The van der Waals surface area contributed by atoms with Gasteiger partial charge in [-0.2, -0.15) is 0 Å². The second-order valence-electron chi connectivity index (χ2n) is 5.06. The molecule has 1 radical (unpaired) electrons. The molecule has 1 aromatic rings. The Balaban J connectivity index is 2.25. The van der Waals surface area contributed by atoms with Gasteiger partial charge in [0.2, 0.25) is 0 Å². The van der Waals surface area contributed by atoms with Crippen molar-refractivity contribution in [3.8, 4) is 0 Å². The van der Waals surface area contributed by atoms with Crippen LogP contribution in [0.3, 0.4) is 0 Å². The number of rotatable bonds is 3. The second kappa shape index (κ2) is 5.53. The molecule has 2 heteroatoms. The van der Waals surface area contributed by atoms with Gasteiger partial charge >= 0.3 is 0 Å². The summed E-state index contributed by atoms with van der Waals surface area (Å²) < 4.78 is 1.11. The molecule has 0 heterocycles. The Morgan fingerprint density at radius 2 is 1.76 bits per heavy atom. The Labute approximate surface area is 113 Å². The van der Waals surface area contributed by atoms with Crippen molar-refractivity contribution >= 4 is 15.9 Å². The topological polar surface area (TPSA) is 26.0 Å². The van der Waals surface area contributed by atoms with E-state index in [1.54, 1.807) is 0 Å². The summed E-state index contributed by atoms with van der Waals surface area (Å²) in [6.45, 7) is 2.09. The first-order chi connectivity index (χ1) is 8.16. The van der Waals surface area contributed by atoms with E-state index in [9.17, 15) is 0 Å². The van der Waals surface area contributed by atoms with Gasteiger partial charge in [0.25, 0.3) is 0 Å². The Morgan fingerprint density at radius 1 is 1.18 bits per heavy atom. The number of halogens is 1. The molecule has 0 aliphatic heterocycles. The van der Waals surface area contributed by atoms with E-state index >= 15 is 0 Å². The highest BCUT2D eigenvalue weighted by Gasteiger charge is 2.35. The molecule has 0 bridgehead atoms. The van der Waals surface area contributed by atoms with Crippen molar-refractivity contribution < 1.29 is 0 Å². The lowest BCUT2D eigenvalue weighted by molar-refractivity contribution is 0.236. The SMILES string of the molecule is C[CH]C(N)(c1ccc(Br)cc1)C1CCCCC1. The van der Waals surface area contributed by atoms with E-state index in [1.165, 1.54) is 37.7 Å². The van der Waals surface area contributed by atoms with E-state index in [1.807, 2.05) is 0 Å². The molecule has 1 unspecified atom stereocenters. The first kappa shape index (κ1) is 13.1. The molecule has 1 aromatic carbocycles. The Bertz CT molecular complexity index is 354. The highest BCUT2D eigenvalue weighted by molar-refractivity contribution is 9.10. The largest absolute Gasteiger partial charge is 0.321 e. The summed E-state index contributed by atoms with van der Waals surface area (Å²) in [6, 6.07) is 8.48. The van der Waals surface area contributed by atoms with Gasteiger partial charge in [0.1, 0.15) is 0 Å². The van der Waals surface area contributed by atoms with Crippen molar-refractivity contribution in [2.24, 2.45) is 11.7 Å². The summed E-state index contributed by atoms with van der Waals surface area (Å²) in [6.07, 6.45) is 8.73. The quantitative estimate of drug-likeness (QED) is 0.878. The summed E-state index contributed by atoms with van der Waals surface area (Å²) in [7, 11) is 0. The zero-order valence-electron chi connectivity index (χ0n) is 10.5. The average molecular weight is 295 g/mol. The molecule has 0 saturated heterocycles. The smallest absolute Gasteiger partial charge is 0.0467 e. The summed E-state index contributed by atoms with van der Waals surface area (Å²) in [5, 5.41) is 0. The van der Waals surface area contributed by atoms with E-state index < -0.39 is 0 Å². The maximum atomic E-state index is 6.67. The second-order valence-corrected chi connectivity index (χ2v) is 5.98. The van der Waals surface area contributed by atoms with Gasteiger partial charge in [-0.15, -0.1) is 0 Å². The third-order valence-corrected chi connectivity index (χ3v) is 4.63. The zero-order chi connectivity index (χ0) is 12.3. The van der Waals surface area contributed by atoms with Gasteiger partial charge in [0.15, 0.2) is 0 Å². The van der Waals surface area contributed by atoms with Crippen molar-refractivity contribution in [3.05, 3.63) is 40.7 Å². The maximum absolute atomic E-state index is 6.67.